The Bertz CT molecular complexity index is 615. The van der Waals surface area contributed by atoms with Gasteiger partial charge in [0.05, 0.1) is 37.0 Å². The summed E-state index contributed by atoms with van der Waals surface area (Å²) in [5.41, 5.74) is 6.40. The normalized spacial score (nSPS) is 25.3. The molecule has 4 unspecified atom stereocenters. The summed E-state index contributed by atoms with van der Waals surface area (Å²) in [7, 11) is 0. The van der Waals surface area contributed by atoms with Crippen molar-refractivity contribution >= 4 is 79.6 Å². The van der Waals surface area contributed by atoms with Gasteiger partial charge in [0.25, 0.3) is 0 Å². The first-order valence-corrected chi connectivity index (χ1v) is 10.7. The highest BCUT2D eigenvalue weighted by molar-refractivity contribution is 14.1. The predicted molar refractivity (Wildman–Crippen MR) is 120 cm³/mol. The molecule has 4 atom stereocenters. The van der Waals surface area contributed by atoms with Gasteiger partial charge in [0.2, 0.25) is 11.8 Å². The topological polar surface area (TPSA) is 165 Å². The van der Waals surface area contributed by atoms with Gasteiger partial charge in [0, 0.05) is 20.2 Å². The number of rotatable bonds is 8. The summed E-state index contributed by atoms with van der Waals surface area (Å²) in [5.74, 6) is -2.01. The molecular formula is C14H20I3N3O6. The minimum Gasteiger partial charge on any atom is -0.397 e. The molecule has 0 radical (unpaired) electrons. The number of carbonyl (C=O) groups is 2. The number of alkyl halides is 1. The number of halogens is 3. The number of allylic oxidation sites excluding steroid dienone is 1. The van der Waals surface area contributed by atoms with E-state index in [1.807, 2.05) is 67.8 Å². The lowest BCUT2D eigenvalue weighted by Crippen LogP contribution is -2.55. The van der Waals surface area contributed by atoms with Gasteiger partial charge in [-0.3, -0.25) is 9.59 Å². The number of nitrogens with one attached hydrogen (secondary N) is 2. The molecule has 0 aromatic carbocycles. The molecule has 0 spiro atoms. The number of hydrogen-bond donors (Lipinski definition) is 7. The molecule has 0 fully saturated rings. The van der Waals surface area contributed by atoms with Gasteiger partial charge in [-0.15, -0.1) is 0 Å². The van der Waals surface area contributed by atoms with Crippen molar-refractivity contribution in [2.45, 2.75) is 15.6 Å². The highest BCUT2D eigenvalue weighted by atomic mass is 127. The molecular weight excluding hydrogens is 687 g/mol. The first kappa shape index (κ1) is 24.3. The van der Waals surface area contributed by atoms with E-state index in [0.29, 0.717) is 12.9 Å². The zero-order valence-electron chi connectivity index (χ0n) is 13.5. The zero-order valence-corrected chi connectivity index (χ0v) is 19.9. The maximum Gasteiger partial charge on any atom is 0.241 e. The van der Waals surface area contributed by atoms with Gasteiger partial charge in [0.15, 0.2) is 0 Å². The summed E-state index contributed by atoms with van der Waals surface area (Å²) in [6.45, 7) is -1.35. The number of hydrogen-bond acceptors (Lipinski definition) is 7. The quantitative estimate of drug-likeness (QED) is 0.121. The van der Waals surface area contributed by atoms with Crippen molar-refractivity contribution < 1.29 is 30.0 Å². The Labute approximate surface area is 191 Å². The van der Waals surface area contributed by atoms with Crippen LogP contribution < -0.4 is 16.4 Å². The second-order valence-electron chi connectivity index (χ2n) is 5.58. The SMILES string of the molecule is NC1=C(I)C(C(=O)NCC(O)CO)C(I)(C(=O)NCC(O)CO)C=C1I. The Morgan fingerprint density at radius 2 is 1.65 bits per heavy atom. The third kappa shape index (κ3) is 5.87. The van der Waals surface area contributed by atoms with Crippen LogP contribution >= 0.6 is 67.8 Å². The monoisotopic (exact) mass is 707 g/mol. The Kier molecular flexibility index (Phi) is 10.00. The van der Waals surface area contributed by atoms with Crippen molar-refractivity contribution in [1.29, 1.82) is 0 Å². The lowest BCUT2D eigenvalue weighted by atomic mass is 9.85. The van der Waals surface area contributed by atoms with Gasteiger partial charge in [-0.25, -0.2) is 0 Å². The zero-order chi connectivity index (χ0) is 20.1. The number of carbonyl (C=O) groups excluding carboxylic acids is 2. The summed E-state index contributed by atoms with van der Waals surface area (Å²) < 4.78 is -0.242. The van der Waals surface area contributed by atoms with E-state index in [-0.39, 0.29) is 13.1 Å². The van der Waals surface area contributed by atoms with Gasteiger partial charge in [-0.2, -0.15) is 0 Å². The standard InChI is InChI=1S/C14H20I3N3O6/c15-8-1-14(17,13(26)20-3-7(24)5-22)9(10(16)11(8)18)12(25)19-2-6(23)4-21/h1,6-7,9,21-24H,2-5,18H2,(H,19,25)(H,20,26). The molecule has 8 N–H and O–H groups in total. The first-order valence-electron chi connectivity index (χ1n) is 7.45. The predicted octanol–water partition coefficient (Wildman–Crippen LogP) is -1.35. The summed E-state index contributed by atoms with van der Waals surface area (Å²) in [4.78, 5) is 25.4. The van der Waals surface area contributed by atoms with Gasteiger partial charge < -0.3 is 36.8 Å². The van der Waals surface area contributed by atoms with Gasteiger partial charge >= 0.3 is 0 Å². The Morgan fingerprint density at radius 1 is 1.15 bits per heavy atom. The maximum absolute atomic E-state index is 12.8. The lowest BCUT2D eigenvalue weighted by Gasteiger charge is -2.35. The maximum atomic E-state index is 12.8. The van der Waals surface area contributed by atoms with Crippen LogP contribution in [0.5, 0.6) is 0 Å². The second-order valence-corrected chi connectivity index (χ2v) is 9.69. The van der Waals surface area contributed by atoms with Gasteiger partial charge in [0.1, 0.15) is 3.42 Å². The first-order chi connectivity index (χ1) is 12.1. The number of aliphatic hydroxyl groups is 4. The molecule has 0 aromatic heterocycles. The lowest BCUT2D eigenvalue weighted by molar-refractivity contribution is -0.130. The summed E-state index contributed by atoms with van der Waals surface area (Å²) in [6, 6.07) is 0. The number of amides is 2. The molecule has 26 heavy (non-hydrogen) atoms. The average molecular weight is 707 g/mol. The molecule has 0 saturated heterocycles. The van der Waals surface area contributed by atoms with E-state index in [4.69, 9.17) is 15.9 Å². The molecule has 0 heterocycles. The van der Waals surface area contributed by atoms with Crippen LogP contribution in [0.4, 0.5) is 0 Å². The third-order valence-electron chi connectivity index (χ3n) is 3.57. The van der Waals surface area contributed by atoms with Gasteiger partial charge in [-0.05, 0) is 51.3 Å². The van der Waals surface area contributed by atoms with E-state index >= 15 is 0 Å². The molecule has 0 saturated carbocycles. The smallest absolute Gasteiger partial charge is 0.241 e. The molecule has 12 heteroatoms. The van der Waals surface area contributed by atoms with Crippen LogP contribution in [-0.2, 0) is 9.59 Å². The molecule has 2 amide bonds. The van der Waals surface area contributed by atoms with E-state index < -0.39 is 46.6 Å². The Balaban J connectivity index is 3.11. The molecule has 0 bridgehead atoms. The van der Waals surface area contributed by atoms with Crippen molar-refractivity contribution in [3.8, 4) is 0 Å². The van der Waals surface area contributed by atoms with Crippen molar-refractivity contribution in [2.75, 3.05) is 26.3 Å². The summed E-state index contributed by atoms with van der Waals surface area (Å²) in [5, 5.41) is 41.6. The molecule has 1 aliphatic rings. The van der Waals surface area contributed by atoms with Gasteiger partial charge in [-0.1, -0.05) is 22.6 Å². The molecule has 1 rings (SSSR count). The number of aliphatic hydroxyl groups excluding tert-OH is 4. The molecule has 0 aliphatic heterocycles. The van der Waals surface area contributed by atoms with Crippen LogP contribution in [-0.4, -0.2) is 74.2 Å². The highest BCUT2D eigenvalue weighted by Crippen LogP contribution is 2.46. The largest absolute Gasteiger partial charge is 0.397 e. The Morgan fingerprint density at radius 3 is 2.15 bits per heavy atom. The van der Waals surface area contributed by atoms with Crippen LogP contribution in [0, 0.1) is 5.92 Å². The minimum atomic E-state index is -1.32. The molecule has 0 aromatic rings. The van der Waals surface area contributed by atoms with Crippen LogP contribution in [0.2, 0.25) is 0 Å². The van der Waals surface area contributed by atoms with Crippen molar-refractivity contribution in [1.82, 2.24) is 10.6 Å². The highest BCUT2D eigenvalue weighted by Gasteiger charge is 2.50. The minimum absolute atomic E-state index is 0.169. The average Bonchev–Trinajstić information content (AvgIpc) is 2.61. The molecule has 148 valence electrons. The summed E-state index contributed by atoms with van der Waals surface area (Å²) >= 11 is 5.74. The summed E-state index contributed by atoms with van der Waals surface area (Å²) in [6.07, 6.45) is -0.662. The van der Waals surface area contributed by atoms with E-state index in [0.717, 1.165) is 0 Å². The fourth-order valence-electron chi connectivity index (χ4n) is 2.10. The van der Waals surface area contributed by atoms with Crippen LogP contribution in [0.15, 0.2) is 18.9 Å². The second kappa shape index (κ2) is 10.7. The van der Waals surface area contributed by atoms with Crippen LogP contribution in [0.25, 0.3) is 0 Å². The van der Waals surface area contributed by atoms with E-state index in [1.165, 1.54) is 0 Å². The number of nitrogens with two attached hydrogens (primary N) is 1. The fraction of sp³-hybridized carbons (Fsp3) is 0.571. The van der Waals surface area contributed by atoms with E-state index in [1.54, 1.807) is 6.08 Å². The molecule has 1 aliphatic carbocycles. The fourth-order valence-corrected chi connectivity index (χ4v) is 6.75. The Hall–Kier alpha value is 0.250. The van der Waals surface area contributed by atoms with Crippen LogP contribution in [0.3, 0.4) is 0 Å². The van der Waals surface area contributed by atoms with Crippen molar-refractivity contribution in [2.24, 2.45) is 11.7 Å². The molecule has 9 nitrogen and oxygen atoms in total. The van der Waals surface area contributed by atoms with E-state index in [9.17, 15) is 19.8 Å². The van der Waals surface area contributed by atoms with Crippen molar-refractivity contribution in [3.05, 3.63) is 18.9 Å². The van der Waals surface area contributed by atoms with Crippen molar-refractivity contribution in [3.63, 3.8) is 0 Å². The van der Waals surface area contributed by atoms with Crippen LogP contribution in [0.1, 0.15) is 0 Å². The third-order valence-corrected chi connectivity index (χ3v) is 7.09. The van der Waals surface area contributed by atoms with E-state index in [2.05, 4.69) is 10.6 Å².